The first-order valence-corrected chi connectivity index (χ1v) is 11.2. The number of ether oxygens (including phenoxy) is 2. The lowest BCUT2D eigenvalue weighted by Crippen LogP contribution is -2.48. The number of nitrogens with one attached hydrogen (secondary N) is 3. The summed E-state index contributed by atoms with van der Waals surface area (Å²) in [6.45, 7) is 4.65. The van der Waals surface area contributed by atoms with Crippen LogP contribution in [0.1, 0.15) is 53.4 Å². The van der Waals surface area contributed by atoms with E-state index in [0.717, 1.165) is 12.0 Å². The summed E-state index contributed by atoms with van der Waals surface area (Å²) in [4.78, 5) is 83.9. The second-order valence-corrected chi connectivity index (χ2v) is 8.53. The van der Waals surface area contributed by atoms with Crippen LogP contribution in [-0.4, -0.2) is 91.7 Å². The van der Waals surface area contributed by atoms with Gasteiger partial charge in [0.25, 0.3) is 0 Å². The van der Waals surface area contributed by atoms with Crippen LogP contribution in [0.5, 0.6) is 0 Å². The van der Waals surface area contributed by atoms with E-state index in [1.165, 1.54) is 0 Å². The third kappa shape index (κ3) is 16.7. The van der Waals surface area contributed by atoms with E-state index >= 15 is 0 Å². The van der Waals surface area contributed by atoms with E-state index in [1.807, 2.05) is 6.92 Å². The number of hydrogen-bond acceptors (Lipinski definition) is 9. The Morgan fingerprint density at radius 1 is 0.714 bits per heavy atom. The highest BCUT2D eigenvalue weighted by Gasteiger charge is 2.22. The molecule has 0 atom stereocenters. The highest BCUT2D eigenvalue weighted by atomic mass is 16.6. The molecule has 35 heavy (non-hydrogen) atoms. The molecule has 0 rings (SSSR count). The van der Waals surface area contributed by atoms with E-state index in [9.17, 15) is 33.6 Å². The normalized spacial score (nSPS) is 10.5. The van der Waals surface area contributed by atoms with Gasteiger partial charge >= 0.3 is 11.9 Å². The number of amides is 4. The predicted octanol–water partition coefficient (Wildman–Crippen LogP) is -1.17. The van der Waals surface area contributed by atoms with Gasteiger partial charge in [0.2, 0.25) is 23.6 Å². The summed E-state index contributed by atoms with van der Waals surface area (Å²) in [6, 6.07) is 0. The Morgan fingerprint density at radius 3 is 1.89 bits per heavy atom. The molecule has 0 aromatic carbocycles. The van der Waals surface area contributed by atoms with Crippen LogP contribution in [0.15, 0.2) is 0 Å². The smallest absolute Gasteiger partial charge is 0.325 e. The van der Waals surface area contributed by atoms with Crippen LogP contribution >= 0.6 is 0 Å². The quantitative estimate of drug-likeness (QED) is 0.234. The molecule has 198 valence electrons. The minimum absolute atomic E-state index is 0.143. The molecule has 0 bridgehead atoms. The molecule has 0 spiro atoms. The average Bonchev–Trinajstić information content (AvgIpc) is 2.76. The number of ketones is 1. The van der Waals surface area contributed by atoms with Gasteiger partial charge in [0.05, 0.1) is 33.2 Å². The van der Waals surface area contributed by atoms with Gasteiger partial charge < -0.3 is 30.3 Å². The molecule has 3 N–H and O–H groups in total. The molecule has 0 aromatic rings. The van der Waals surface area contributed by atoms with E-state index in [-0.39, 0.29) is 25.2 Å². The Bertz CT molecular complexity index is 790. The molecule has 13 nitrogen and oxygen atoms in total. The summed E-state index contributed by atoms with van der Waals surface area (Å²) in [5, 5.41) is 6.97. The van der Waals surface area contributed by atoms with E-state index in [2.05, 4.69) is 20.7 Å². The van der Waals surface area contributed by atoms with Crippen LogP contribution in [0.4, 0.5) is 0 Å². The van der Waals surface area contributed by atoms with Crippen molar-refractivity contribution in [3.8, 4) is 0 Å². The topological polar surface area (TPSA) is 177 Å². The van der Waals surface area contributed by atoms with Crippen LogP contribution in [0.3, 0.4) is 0 Å². The number of rotatable bonds is 15. The summed E-state index contributed by atoms with van der Waals surface area (Å²) < 4.78 is 9.61. The Balaban J connectivity index is 4.66. The molecule has 0 heterocycles. The number of hydrogen-bond donors (Lipinski definition) is 3. The monoisotopic (exact) mass is 500 g/mol. The van der Waals surface area contributed by atoms with E-state index < -0.39 is 67.3 Å². The van der Waals surface area contributed by atoms with Gasteiger partial charge in [-0.3, -0.25) is 33.6 Å². The zero-order chi connectivity index (χ0) is 27.0. The van der Waals surface area contributed by atoms with Crippen molar-refractivity contribution in [2.75, 3.05) is 39.8 Å². The highest BCUT2D eigenvalue weighted by molar-refractivity contribution is 5.92. The lowest BCUT2D eigenvalue weighted by molar-refractivity contribution is -0.155. The molecule has 0 radical (unpaired) electrons. The van der Waals surface area contributed by atoms with Crippen molar-refractivity contribution in [3.63, 3.8) is 0 Å². The first kappa shape index (κ1) is 31.5. The van der Waals surface area contributed by atoms with Gasteiger partial charge in [-0.1, -0.05) is 6.92 Å². The molecular formula is C22H36N4O9. The number of esters is 2. The second-order valence-electron chi connectivity index (χ2n) is 8.53. The van der Waals surface area contributed by atoms with Crippen molar-refractivity contribution in [3.05, 3.63) is 0 Å². The van der Waals surface area contributed by atoms with Crippen LogP contribution in [0, 0.1) is 0 Å². The van der Waals surface area contributed by atoms with Crippen molar-refractivity contribution in [2.45, 2.75) is 59.0 Å². The molecule has 0 aliphatic heterocycles. The molecule has 4 amide bonds. The Hall–Kier alpha value is -3.51. The summed E-state index contributed by atoms with van der Waals surface area (Å²) in [7, 11) is 1.10. The number of carbonyl (C=O) groups excluding carboxylic acids is 7. The Kier molecular flexibility index (Phi) is 14.6. The number of methoxy groups -OCH3 is 1. The van der Waals surface area contributed by atoms with Gasteiger partial charge in [0.1, 0.15) is 18.7 Å². The first-order valence-electron chi connectivity index (χ1n) is 11.2. The number of nitrogens with zero attached hydrogens (tertiary/aromatic N) is 1. The Labute approximate surface area is 204 Å². The maximum atomic E-state index is 12.5. The average molecular weight is 501 g/mol. The number of carbonyl (C=O) groups is 7. The van der Waals surface area contributed by atoms with Gasteiger partial charge in [0.15, 0.2) is 5.78 Å². The maximum Gasteiger partial charge on any atom is 0.325 e. The third-order valence-corrected chi connectivity index (χ3v) is 4.11. The molecule has 0 saturated carbocycles. The molecule has 0 aliphatic carbocycles. The molecule has 0 saturated heterocycles. The van der Waals surface area contributed by atoms with Crippen LogP contribution in [0.25, 0.3) is 0 Å². The lowest BCUT2D eigenvalue weighted by Gasteiger charge is -2.21. The second kappa shape index (κ2) is 16.2. The summed E-state index contributed by atoms with van der Waals surface area (Å²) in [5.74, 6) is -4.20. The summed E-state index contributed by atoms with van der Waals surface area (Å²) in [5.41, 5.74) is -0.689. The standard InChI is InChI=1S/C22H36N4O9/c1-6-7-15(27)10-23-17(29)11-24-18(30)13-26(14-21(33)34-5)19(31)12-25-16(28)8-9-20(32)35-22(2,3)4/h6-14H2,1-5H3,(H,23,29)(H,24,30)(H,25,28). The van der Waals surface area contributed by atoms with Crippen molar-refractivity contribution in [2.24, 2.45) is 0 Å². The largest absolute Gasteiger partial charge is 0.468 e. The molecule has 13 heteroatoms. The van der Waals surface area contributed by atoms with Gasteiger partial charge in [-0.05, 0) is 27.2 Å². The molecule has 0 aromatic heterocycles. The Morgan fingerprint density at radius 2 is 1.31 bits per heavy atom. The van der Waals surface area contributed by atoms with Crippen molar-refractivity contribution in [1.29, 1.82) is 0 Å². The van der Waals surface area contributed by atoms with Gasteiger partial charge in [-0.15, -0.1) is 0 Å². The highest BCUT2D eigenvalue weighted by Crippen LogP contribution is 2.09. The minimum atomic E-state index is -0.797. The third-order valence-electron chi connectivity index (χ3n) is 4.11. The lowest BCUT2D eigenvalue weighted by atomic mass is 10.2. The zero-order valence-electron chi connectivity index (χ0n) is 21.0. The minimum Gasteiger partial charge on any atom is -0.468 e. The van der Waals surface area contributed by atoms with E-state index in [4.69, 9.17) is 4.74 Å². The van der Waals surface area contributed by atoms with Crippen LogP contribution in [-0.2, 0) is 43.0 Å². The molecule has 0 aliphatic rings. The van der Waals surface area contributed by atoms with Crippen molar-refractivity contribution < 1.29 is 43.0 Å². The molecular weight excluding hydrogens is 464 g/mol. The van der Waals surface area contributed by atoms with E-state index in [1.54, 1.807) is 20.8 Å². The van der Waals surface area contributed by atoms with Crippen molar-refractivity contribution >= 4 is 41.4 Å². The SMILES string of the molecule is CCCC(=O)CNC(=O)CNC(=O)CN(CC(=O)OC)C(=O)CNC(=O)CCC(=O)OC(C)(C)C. The predicted molar refractivity (Wildman–Crippen MR) is 123 cm³/mol. The summed E-state index contributed by atoms with van der Waals surface area (Å²) in [6.07, 6.45) is 0.585. The van der Waals surface area contributed by atoms with Gasteiger partial charge in [-0.2, -0.15) is 0 Å². The van der Waals surface area contributed by atoms with Crippen molar-refractivity contribution in [1.82, 2.24) is 20.9 Å². The first-order chi connectivity index (χ1) is 16.3. The van der Waals surface area contributed by atoms with E-state index in [0.29, 0.717) is 12.8 Å². The fraction of sp³-hybridized carbons (Fsp3) is 0.682. The zero-order valence-corrected chi connectivity index (χ0v) is 21.0. The fourth-order valence-electron chi connectivity index (χ4n) is 2.47. The summed E-state index contributed by atoms with van der Waals surface area (Å²) >= 11 is 0. The maximum absolute atomic E-state index is 12.5. The van der Waals surface area contributed by atoms with Gasteiger partial charge in [0, 0.05) is 12.8 Å². The van der Waals surface area contributed by atoms with Gasteiger partial charge in [-0.25, -0.2) is 0 Å². The molecule has 0 unspecified atom stereocenters. The van der Waals surface area contributed by atoms with Crippen LogP contribution in [0.2, 0.25) is 0 Å². The number of Topliss-reactive ketones (excluding diaryl/α,β-unsaturated/α-hetero) is 1. The van der Waals surface area contributed by atoms with Crippen LogP contribution < -0.4 is 16.0 Å². The fourth-order valence-corrected chi connectivity index (χ4v) is 2.47. The molecule has 0 fully saturated rings.